The van der Waals surface area contributed by atoms with Crippen molar-refractivity contribution in [2.24, 2.45) is 0 Å². The van der Waals surface area contributed by atoms with E-state index in [1.165, 1.54) is 0 Å². The van der Waals surface area contributed by atoms with Crippen LogP contribution in [0.2, 0.25) is 10.0 Å². The van der Waals surface area contributed by atoms with Crippen molar-refractivity contribution >= 4 is 46.7 Å². The first-order chi connectivity index (χ1) is 11.0. The molecule has 0 aliphatic carbocycles. The quantitative estimate of drug-likeness (QED) is 0.709. The van der Waals surface area contributed by atoms with E-state index in [0.717, 1.165) is 24.3 Å². The van der Waals surface area contributed by atoms with E-state index in [-0.39, 0.29) is 19.2 Å². The Hall–Kier alpha value is -0.660. The van der Waals surface area contributed by atoms with E-state index in [2.05, 4.69) is 10.6 Å². The van der Waals surface area contributed by atoms with Crippen LogP contribution in [0.1, 0.15) is 12.8 Å². The molecule has 1 saturated heterocycles. The summed E-state index contributed by atoms with van der Waals surface area (Å²) in [6.45, 7) is 0.659. The first-order valence-electron chi connectivity index (χ1n) is 7.37. The number of rotatable bonds is 6. The SMILES string of the molecule is O=C(NCC1(OCCO)CCSCC1)Nc1ccc(Cl)c(Cl)c1. The molecule has 2 amide bonds. The molecule has 23 heavy (non-hydrogen) atoms. The minimum absolute atomic E-state index is 0.0234. The Bertz CT molecular complexity index is 539. The number of carbonyl (C=O) groups excluding carboxylic acids is 1. The van der Waals surface area contributed by atoms with Crippen LogP contribution in [0.3, 0.4) is 0 Å². The van der Waals surface area contributed by atoms with Crippen molar-refractivity contribution < 1.29 is 14.6 Å². The molecule has 1 aliphatic rings. The number of carbonyl (C=O) groups is 1. The largest absolute Gasteiger partial charge is 0.394 e. The summed E-state index contributed by atoms with van der Waals surface area (Å²) in [5, 5.41) is 15.4. The molecular weight excluding hydrogens is 359 g/mol. The van der Waals surface area contributed by atoms with E-state index in [0.29, 0.717) is 22.3 Å². The normalized spacial score (nSPS) is 16.8. The second-order valence-corrected chi connectivity index (χ2v) is 7.34. The van der Waals surface area contributed by atoms with Crippen LogP contribution in [0.4, 0.5) is 10.5 Å². The van der Waals surface area contributed by atoms with Crippen LogP contribution in [0.15, 0.2) is 18.2 Å². The van der Waals surface area contributed by atoms with Crippen LogP contribution in [0.5, 0.6) is 0 Å². The summed E-state index contributed by atoms with van der Waals surface area (Å²) < 4.78 is 5.81. The standard InChI is InChI=1S/C15H20Cl2N2O3S/c16-12-2-1-11(9-13(12)17)19-14(21)18-10-15(22-6-5-20)3-7-23-8-4-15/h1-2,9,20H,3-8,10H2,(H2,18,19,21). The molecule has 1 heterocycles. The summed E-state index contributed by atoms with van der Waals surface area (Å²) in [5.74, 6) is 1.98. The minimum Gasteiger partial charge on any atom is -0.394 e. The lowest BCUT2D eigenvalue weighted by Crippen LogP contribution is -2.48. The van der Waals surface area contributed by atoms with Crippen LogP contribution in [0.25, 0.3) is 0 Å². The van der Waals surface area contributed by atoms with E-state index in [1.54, 1.807) is 18.2 Å². The van der Waals surface area contributed by atoms with E-state index in [4.69, 9.17) is 33.0 Å². The highest BCUT2D eigenvalue weighted by atomic mass is 35.5. The highest BCUT2D eigenvalue weighted by Gasteiger charge is 2.33. The summed E-state index contributed by atoms with van der Waals surface area (Å²) in [4.78, 5) is 12.1. The first-order valence-corrected chi connectivity index (χ1v) is 9.28. The van der Waals surface area contributed by atoms with E-state index in [1.807, 2.05) is 11.8 Å². The number of hydrogen-bond donors (Lipinski definition) is 3. The highest BCUT2D eigenvalue weighted by molar-refractivity contribution is 7.99. The van der Waals surface area contributed by atoms with Gasteiger partial charge in [-0.05, 0) is 42.5 Å². The van der Waals surface area contributed by atoms with Crippen LogP contribution < -0.4 is 10.6 Å². The monoisotopic (exact) mass is 378 g/mol. The van der Waals surface area contributed by atoms with Crippen molar-refractivity contribution in [2.75, 3.05) is 36.6 Å². The number of nitrogens with one attached hydrogen (secondary N) is 2. The third-order valence-electron chi connectivity index (χ3n) is 3.65. The number of anilines is 1. The van der Waals surface area contributed by atoms with Crippen molar-refractivity contribution in [3.05, 3.63) is 28.2 Å². The maximum absolute atomic E-state index is 12.1. The molecule has 0 spiro atoms. The van der Waals surface area contributed by atoms with E-state index < -0.39 is 5.60 Å². The van der Waals surface area contributed by atoms with Crippen LogP contribution in [0, 0.1) is 0 Å². The van der Waals surface area contributed by atoms with Crippen LogP contribution in [-0.4, -0.2) is 48.0 Å². The number of ether oxygens (including phenoxy) is 1. The Labute approximate surface area is 150 Å². The Kier molecular flexibility index (Phi) is 7.30. The summed E-state index contributed by atoms with van der Waals surface area (Å²) >= 11 is 13.6. The van der Waals surface area contributed by atoms with Crippen molar-refractivity contribution in [1.29, 1.82) is 0 Å². The number of urea groups is 1. The molecule has 5 nitrogen and oxygen atoms in total. The fourth-order valence-corrected chi connectivity index (χ4v) is 3.90. The number of aliphatic hydroxyl groups excluding tert-OH is 1. The van der Waals surface area contributed by atoms with Crippen molar-refractivity contribution in [2.45, 2.75) is 18.4 Å². The lowest BCUT2D eigenvalue weighted by atomic mass is 9.96. The number of benzene rings is 1. The average Bonchev–Trinajstić information content (AvgIpc) is 2.56. The average molecular weight is 379 g/mol. The number of halogens is 2. The zero-order chi connectivity index (χ0) is 16.7. The van der Waals surface area contributed by atoms with E-state index in [9.17, 15) is 4.79 Å². The predicted octanol–water partition coefficient (Wildman–Crippen LogP) is 3.39. The van der Waals surface area contributed by atoms with Gasteiger partial charge in [0.15, 0.2) is 0 Å². The van der Waals surface area contributed by atoms with Gasteiger partial charge in [0.05, 0.1) is 28.9 Å². The number of aliphatic hydroxyl groups is 1. The molecule has 2 rings (SSSR count). The molecule has 0 radical (unpaired) electrons. The molecule has 3 N–H and O–H groups in total. The summed E-state index contributed by atoms with van der Waals surface area (Å²) in [6, 6.07) is 4.58. The second-order valence-electron chi connectivity index (χ2n) is 5.30. The Balaban J connectivity index is 1.89. The number of hydrogen-bond acceptors (Lipinski definition) is 4. The third-order valence-corrected chi connectivity index (χ3v) is 5.38. The summed E-state index contributed by atoms with van der Waals surface area (Å²) in [6.07, 6.45) is 1.70. The van der Waals surface area contributed by atoms with Gasteiger partial charge >= 0.3 is 6.03 Å². The van der Waals surface area contributed by atoms with E-state index >= 15 is 0 Å². The Morgan fingerprint density at radius 3 is 2.70 bits per heavy atom. The molecule has 0 unspecified atom stereocenters. The van der Waals surface area contributed by atoms with Gasteiger partial charge in [-0.25, -0.2) is 4.79 Å². The third kappa shape index (κ3) is 5.72. The fourth-order valence-electron chi connectivity index (χ4n) is 2.37. The van der Waals surface area contributed by atoms with Gasteiger partial charge in [0.25, 0.3) is 0 Å². The topological polar surface area (TPSA) is 70.6 Å². The molecule has 0 atom stereocenters. The Morgan fingerprint density at radius 2 is 2.04 bits per heavy atom. The van der Waals surface area contributed by atoms with Gasteiger partial charge in [0, 0.05) is 12.2 Å². The lowest BCUT2D eigenvalue weighted by molar-refractivity contribution is -0.0601. The molecule has 1 aliphatic heterocycles. The molecule has 0 bridgehead atoms. The van der Waals surface area contributed by atoms with Crippen molar-refractivity contribution in [1.82, 2.24) is 5.32 Å². The predicted molar refractivity (Wildman–Crippen MR) is 95.8 cm³/mol. The van der Waals surface area contributed by atoms with Gasteiger partial charge in [-0.15, -0.1) is 0 Å². The van der Waals surface area contributed by atoms with Gasteiger partial charge in [-0.2, -0.15) is 11.8 Å². The van der Waals surface area contributed by atoms with Crippen molar-refractivity contribution in [3.8, 4) is 0 Å². The molecule has 1 aromatic carbocycles. The lowest BCUT2D eigenvalue weighted by Gasteiger charge is -2.37. The smallest absolute Gasteiger partial charge is 0.319 e. The molecule has 128 valence electrons. The molecule has 1 fully saturated rings. The summed E-state index contributed by atoms with van der Waals surface area (Å²) in [7, 11) is 0. The molecule has 1 aromatic rings. The van der Waals surface area contributed by atoms with Gasteiger partial charge < -0.3 is 20.5 Å². The molecule has 0 aromatic heterocycles. The van der Waals surface area contributed by atoms with Gasteiger partial charge in [0.1, 0.15) is 0 Å². The van der Waals surface area contributed by atoms with Crippen LogP contribution >= 0.6 is 35.0 Å². The van der Waals surface area contributed by atoms with Gasteiger partial charge in [0.2, 0.25) is 0 Å². The highest BCUT2D eigenvalue weighted by Crippen LogP contribution is 2.30. The zero-order valence-electron chi connectivity index (χ0n) is 12.6. The van der Waals surface area contributed by atoms with Crippen LogP contribution in [-0.2, 0) is 4.74 Å². The molecule has 0 saturated carbocycles. The number of thioether (sulfide) groups is 1. The minimum atomic E-state index is -0.400. The number of amides is 2. The Morgan fingerprint density at radius 1 is 1.30 bits per heavy atom. The zero-order valence-corrected chi connectivity index (χ0v) is 14.9. The summed E-state index contributed by atoms with van der Waals surface area (Å²) in [5.41, 5.74) is 0.171. The molecular formula is C15H20Cl2N2O3S. The first kappa shape index (κ1) is 18.7. The van der Waals surface area contributed by atoms with Gasteiger partial charge in [-0.1, -0.05) is 23.2 Å². The van der Waals surface area contributed by atoms with Gasteiger partial charge in [-0.3, -0.25) is 0 Å². The maximum Gasteiger partial charge on any atom is 0.319 e. The second kappa shape index (κ2) is 8.99. The van der Waals surface area contributed by atoms with Crippen molar-refractivity contribution in [3.63, 3.8) is 0 Å². The molecule has 8 heteroatoms. The fraction of sp³-hybridized carbons (Fsp3) is 0.533. The maximum atomic E-state index is 12.1.